The van der Waals surface area contributed by atoms with Crippen LogP contribution in [-0.2, 0) is 16.6 Å². The molecule has 0 aliphatic heterocycles. The van der Waals surface area contributed by atoms with Crippen molar-refractivity contribution in [3.63, 3.8) is 0 Å². The minimum atomic E-state index is -3.77. The zero-order valence-corrected chi connectivity index (χ0v) is 13.3. The van der Waals surface area contributed by atoms with Crippen LogP contribution in [0.1, 0.15) is 25.0 Å². The van der Waals surface area contributed by atoms with Gasteiger partial charge in [0.2, 0.25) is 0 Å². The zero-order chi connectivity index (χ0) is 15.5. The van der Waals surface area contributed by atoms with Crippen molar-refractivity contribution in [2.45, 2.75) is 38.3 Å². The van der Waals surface area contributed by atoms with E-state index in [0.29, 0.717) is 12.1 Å². The first-order chi connectivity index (χ1) is 9.13. The molecule has 0 saturated heterocycles. The van der Waals surface area contributed by atoms with E-state index in [0.717, 1.165) is 0 Å². The van der Waals surface area contributed by atoms with Crippen LogP contribution in [0.2, 0.25) is 0 Å². The molecule has 0 amide bonds. The summed E-state index contributed by atoms with van der Waals surface area (Å²) in [5.41, 5.74) is 0.716. The van der Waals surface area contributed by atoms with Gasteiger partial charge in [0.25, 0.3) is 10.0 Å². The fourth-order valence-electron chi connectivity index (χ4n) is 1.70. The third-order valence-corrected chi connectivity index (χ3v) is 4.27. The summed E-state index contributed by atoms with van der Waals surface area (Å²) in [6.07, 6.45) is 0. The Morgan fingerprint density at radius 3 is 2.40 bits per heavy atom. The topological polar surface area (TPSA) is 61.4 Å². The third-order valence-electron chi connectivity index (χ3n) is 2.66. The predicted molar refractivity (Wildman–Crippen MR) is 77.1 cm³/mol. The largest absolute Gasteiger partial charge is 0.310 e. The van der Waals surface area contributed by atoms with Gasteiger partial charge in [-0.2, -0.15) is 0 Å². The molecular weight excluding hydrogens is 281 g/mol. The summed E-state index contributed by atoms with van der Waals surface area (Å²) in [7, 11) is -0.640. The van der Waals surface area contributed by atoms with Crippen molar-refractivity contribution in [2.24, 2.45) is 0 Å². The van der Waals surface area contributed by atoms with Crippen molar-refractivity contribution in [1.82, 2.24) is 15.2 Å². The van der Waals surface area contributed by atoms with Crippen LogP contribution in [0.15, 0.2) is 17.0 Å². The smallest absolute Gasteiger partial charge is 0.253 e. The second-order valence-electron chi connectivity index (χ2n) is 5.23. The van der Waals surface area contributed by atoms with Crippen LogP contribution in [0.3, 0.4) is 0 Å². The maximum atomic E-state index is 13.9. The van der Waals surface area contributed by atoms with Gasteiger partial charge in [-0.3, -0.25) is 0 Å². The molecule has 114 valence electrons. The summed E-state index contributed by atoms with van der Waals surface area (Å²) in [5, 5.41) is 4.45. The zero-order valence-electron chi connectivity index (χ0n) is 12.5. The van der Waals surface area contributed by atoms with Crippen LogP contribution < -0.4 is 10.1 Å². The lowest BCUT2D eigenvalue weighted by Crippen LogP contribution is -2.36. The van der Waals surface area contributed by atoms with Gasteiger partial charge in [-0.15, -0.1) is 4.83 Å². The van der Waals surface area contributed by atoms with Crippen molar-refractivity contribution in [3.05, 3.63) is 29.1 Å². The molecule has 0 aromatic heterocycles. The van der Waals surface area contributed by atoms with Crippen LogP contribution >= 0.6 is 0 Å². The van der Waals surface area contributed by atoms with Gasteiger partial charge in [0.15, 0.2) is 0 Å². The lowest BCUT2D eigenvalue weighted by molar-refractivity contribution is 0.363. The number of sulfonamides is 1. The molecule has 1 aromatic carbocycles. The fraction of sp³-hybridized carbons (Fsp3) is 0.538. The molecular formula is C13H22FN3O2S. The maximum absolute atomic E-state index is 13.9. The molecule has 7 heteroatoms. The number of halogens is 1. The summed E-state index contributed by atoms with van der Waals surface area (Å²) in [5.74, 6) is -0.521. The Bertz CT molecular complexity index is 571. The molecule has 1 aromatic rings. The van der Waals surface area contributed by atoms with Crippen LogP contribution in [0.25, 0.3) is 0 Å². The van der Waals surface area contributed by atoms with Gasteiger partial charge < -0.3 is 5.32 Å². The number of benzene rings is 1. The van der Waals surface area contributed by atoms with E-state index in [4.69, 9.17) is 0 Å². The molecule has 0 fully saturated rings. The second kappa shape index (κ2) is 6.62. The molecule has 0 heterocycles. The predicted octanol–water partition coefficient (Wildman–Crippen LogP) is 1.39. The average Bonchev–Trinajstić information content (AvgIpc) is 2.28. The summed E-state index contributed by atoms with van der Waals surface area (Å²) in [6.45, 7) is 5.81. The number of nitrogens with one attached hydrogen (secondary N) is 2. The Labute approximate surface area is 120 Å². The standard InChI is InChI=1S/C13H22FN3O2S/c1-9(2)15-8-11-6-12(14)10(3)13(7-11)20(18,19)16-17(4)5/h6-7,9,15-16H,8H2,1-5H3. The highest BCUT2D eigenvalue weighted by Gasteiger charge is 2.20. The summed E-state index contributed by atoms with van der Waals surface area (Å²) in [6, 6.07) is 3.10. The highest BCUT2D eigenvalue weighted by atomic mass is 32.2. The number of rotatable bonds is 6. The first kappa shape index (κ1) is 17.0. The lowest BCUT2D eigenvalue weighted by Gasteiger charge is -2.16. The van der Waals surface area contributed by atoms with E-state index in [1.54, 1.807) is 14.1 Å². The van der Waals surface area contributed by atoms with Gasteiger partial charge in [-0.25, -0.2) is 17.8 Å². The summed E-state index contributed by atoms with van der Waals surface area (Å²) in [4.78, 5) is 2.28. The molecule has 1 rings (SSSR count). The van der Waals surface area contributed by atoms with E-state index in [9.17, 15) is 12.8 Å². The molecule has 20 heavy (non-hydrogen) atoms. The second-order valence-corrected chi connectivity index (χ2v) is 6.85. The van der Waals surface area contributed by atoms with Crippen molar-refractivity contribution >= 4 is 10.0 Å². The van der Waals surface area contributed by atoms with E-state index in [-0.39, 0.29) is 16.5 Å². The molecule has 2 N–H and O–H groups in total. The highest BCUT2D eigenvalue weighted by Crippen LogP contribution is 2.20. The van der Waals surface area contributed by atoms with E-state index >= 15 is 0 Å². The minimum Gasteiger partial charge on any atom is -0.310 e. The molecule has 0 spiro atoms. The number of hydrazine groups is 1. The molecule has 0 bridgehead atoms. The number of hydrogen-bond donors (Lipinski definition) is 2. The monoisotopic (exact) mass is 303 g/mol. The highest BCUT2D eigenvalue weighted by molar-refractivity contribution is 7.89. The molecule has 0 saturated carbocycles. The normalized spacial score (nSPS) is 12.4. The van der Waals surface area contributed by atoms with Gasteiger partial charge in [-0.1, -0.05) is 13.8 Å². The van der Waals surface area contributed by atoms with E-state index in [2.05, 4.69) is 10.1 Å². The van der Waals surface area contributed by atoms with E-state index < -0.39 is 15.8 Å². The number of hydrogen-bond acceptors (Lipinski definition) is 4. The lowest BCUT2D eigenvalue weighted by atomic mass is 10.1. The van der Waals surface area contributed by atoms with Crippen LogP contribution in [0.5, 0.6) is 0 Å². The molecule has 0 aliphatic rings. The third kappa shape index (κ3) is 4.52. The Kier molecular flexibility index (Phi) is 5.64. The first-order valence-corrected chi connectivity index (χ1v) is 7.84. The van der Waals surface area contributed by atoms with Crippen molar-refractivity contribution < 1.29 is 12.8 Å². The Balaban J connectivity index is 3.19. The van der Waals surface area contributed by atoms with Gasteiger partial charge in [-0.05, 0) is 24.6 Å². The van der Waals surface area contributed by atoms with Crippen molar-refractivity contribution in [1.29, 1.82) is 0 Å². The molecule has 0 aliphatic carbocycles. The van der Waals surface area contributed by atoms with Gasteiger partial charge in [0, 0.05) is 32.2 Å². The number of nitrogens with zero attached hydrogens (tertiary/aromatic N) is 1. The summed E-state index contributed by atoms with van der Waals surface area (Å²) >= 11 is 0. The minimum absolute atomic E-state index is 0.0354. The molecule has 5 nitrogen and oxygen atoms in total. The quantitative estimate of drug-likeness (QED) is 0.780. The van der Waals surface area contributed by atoms with Crippen LogP contribution in [-0.4, -0.2) is 33.6 Å². The fourth-order valence-corrected chi connectivity index (χ4v) is 3.09. The Morgan fingerprint density at radius 1 is 1.30 bits per heavy atom. The van der Waals surface area contributed by atoms with E-state index in [1.807, 2.05) is 13.8 Å². The van der Waals surface area contributed by atoms with Crippen molar-refractivity contribution in [3.8, 4) is 0 Å². The summed E-state index contributed by atoms with van der Waals surface area (Å²) < 4.78 is 38.2. The van der Waals surface area contributed by atoms with E-state index in [1.165, 1.54) is 24.1 Å². The van der Waals surface area contributed by atoms with Crippen LogP contribution in [0, 0.1) is 12.7 Å². The maximum Gasteiger partial charge on any atom is 0.253 e. The van der Waals surface area contributed by atoms with Gasteiger partial charge >= 0.3 is 0 Å². The van der Waals surface area contributed by atoms with Gasteiger partial charge in [0.05, 0.1) is 4.90 Å². The first-order valence-electron chi connectivity index (χ1n) is 6.35. The van der Waals surface area contributed by atoms with Crippen molar-refractivity contribution in [2.75, 3.05) is 14.1 Å². The van der Waals surface area contributed by atoms with Gasteiger partial charge in [0.1, 0.15) is 5.82 Å². The molecule has 0 radical (unpaired) electrons. The molecule has 0 atom stereocenters. The SMILES string of the molecule is Cc1c(F)cc(CNC(C)C)cc1S(=O)(=O)NN(C)C. The average molecular weight is 303 g/mol. The Hall–Kier alpha value is -1.02. The Morgan fingerprint density at radius 2 is 1.90 bits per heavy atom. The molecule has 0 unspecified atom stereocenters. The van der Waals surface area contributed by atoms with Crippen LogP contribution in [0.4, 0.5) is 4.39 Å².